The molecule has 0 bridgehead atoms. The summed E-state index contributed by atoms with van der Waals surface area (Å²) in [7, 11) is 0. The average molecular weight is 420 g/mol. The molecule has 8 nitrogen and oxygen atoms in total. The monoisotopic (exact) mass is 420 g/mol. The van der Waals surface area contributed by atoms with Crippen molar-refractivity contribution in [3.8, 4) is 23.0 Å². The number of nitrogens with one attached hydrogen (secondary N) is 1. The SMILES string of the molecule is CCn1cnnc1-c1cccc(NC(=O)c2c(C)nc(-c3ccco3)nc2SC)c1. The van der Waals surface area contributed by atoms with Gasteiger partial charge in [-0.25, -0.2) is 9.97 Å². The minimum Gasteiger partial charge on any atom is -0.461 e. The lowest BCUT2D eigenvalue weighted by molar-refractivity contribution is 0.102. The molecule has 30 heavy (non-hydrogen) atoms. The Bertz CT molecular complexity index is 1190. The van der Waals surface area contributed by atoms with Crippen LogP contribution in [-0.2, 0) is 6.54 Å². The van der Waals surface area contributed by atoms with E-state index in [-0.39, 0.29) is 5.91 Å². The quantitative estimate of drug-likeness (QED) is 0.367. The van der Waals surface area contributed by atoms with Crippen LogP contribution in [0.2, 0.25) is 0 Å². The van der Waals surface area contributed by atoms with E-state index < -0.39 is 0 Å². The minimum atomic E-state index is -0.267. The molecule has 4 aromatic rings. The second kappa shape index (κ2) is 8.50. The number of hydrogen-bond donors (Lipinski definition) is 1. The van der Waals surface area contributed by atoms with Gasteiger partial charge in [0.05, 0.1) is 17.5 Å². The Morgan fingerprint density at radius 2 is 2.10 bits per heavy atom. The predicted molar refractivity (Wildman–Crippen MR) is 115 cm³/mol. The molecule has 0 aliphatic rings. The summed E-state index contributed by atoms with van der Waals surface area (Å²) < 4.78 is 7.33. The van der Waals surface area contributed by atoms with Crippen molar-refractivity contribution < 1.29 is 9.21 Å². The molecule has 3 aromatic heterocycles. The van der Waals surface area contributed by atoms with Crippen LogP contribution in [0.25, 0.3) is 23.0 Å². The number of anilines is 1. The van der Waals surface area contributed by atoms with E-state index in [9.17, 15) is 4.79 Å². The lowest BCUT2D eigenvalue weighted by atomic mass is 10.1. The largest absolute Gasteiger partial charge is 0.461 e. The van der Waals surface area contributed by atoms with Gasteiger partial charge in [0.15, 0.2) is 17.4 Å². The van der Waals surface area contributed by atoms with Crippen molar-refractivity contribution in [2.75, 3.05) is 11.6 Å². The predicted octanol–water partition coefficient (Wildman–Crippen LogP) is 4.30. The number of hydrogen-bond acceptors (Lipinski definition) is 7. The van der Waals surface area contributed by atoms with Crippen LogP contribution in [-0.4, -0.2) is 36.9 Å². The van der Waals surface area contributed by atoms with Crippen LogP contribution in [0.1, 0.15) is 23.0 Å². The van der Waals surface area contributed by atoms with Crippen LogP contribution in [0.4, 0.5) is 5.69 Å². The maximum absolute atomic E-state index is 13.1. The third kappa shape index (κ3) is 3.84. The van der Waals surface area contributed by atoms with Gasteiger partial charge >= 0.3 is 0 Å². The molecule has 0 fully saturated rings. The second-order valence-electron chi connectivity index (χ2n) is 6.47. The van der Waals surface area contributed by atoms with Gasteiger partial charge in [0, 0.05) is 17.8 Å². The van der Waals surface area contributed by atoms with Crippen LogP contribution < -0.4 is 5.32 Å². The van der Waals surface area contributed by atoms with E-state index in [1.165, 1.54) is 11.8 Å². The Morgan fingerprint density at radius 1 is 1.23 bits per heavy atom. The summed E-state index contributed by atoms with van der Waals surface area (Å²) in [6.45, 7) is 4.58. The van der Waals surface area contributed by atoms with E-state index in [1.807, 2.05) is 42.0 Å². The van der Waals surface area contributed by atoms with Crippen molar-refractivity contribution in [2.45, 2.75) is 25.4 Å². The third-order valence-electron chi connectivity index (χ3n) is 4.55. The number of thioether (sulfide) groups is 1. The van der Waals surface area contributed by atoms with E-state index in [0.717, 1.165) is 17.9 Å². The number of furan rings is 1. The molecule has 0 atom stereocenters. The molecule has 0 saturated heterocycles. The molecule has 0 aliphatic heterocycles. The van der Waals surface area contributed by atoms with E-state index in [4.69, 9.17) is 4.42 Å². The lowest BCUT2D eigenvalue weighted by Gasteiger charge is -2.12. The maximum Gasteiger partial charge on any atom is 0.260 e. The van der Waals surface area contributed by atoms with Gasteiger partial charge in [0.25, 0.3) is 5.91 Å². The van der Waals surface area contributed by atoms with Crippen LogP contribution in [0, 0.1) is 6.92 Å². The van der Waals surface area contributed by atoms with Gasteiger partial charge in [-0.3, -0.25) is 4.79 Å². The van der Waals surface area contributed by atoms with Gasteiger partial charge in [-0.15, -0.1) is 22.0 Å². The van der Waals surface area contributed by atoms with Crippen molar-refractivity contribution in [1.29, 1.82) is 0 Å². The molecule has 9 heteroatoms. The zero-order chi connectivity index (χ0) is 21.1. The highest BCUT2D eigenvalue weighted by Crippen LogP contribution is 2.27. The number of carbonyl (C=O) groups is 1. The highest BCUT2D eigenvalue weighted by atomic mass is 32.2. The fourth-order valence-electron chi connectivity index (χ4n) is 3.11. The Morgan fingerprint density at radius 3 is 2.83 bits per heavy atom. The zero-order valence-corrected chi connectivity index (χ0v) is 17.6. The van der Waals surface area contributed by atoms with Gasteiger partial charge in [-0.2, -0.15) is 0 Å². The topological polar surface area (TPSA) is 98.7 Å². The summed E-state index contributed by atoms with van der Waals surface area (Å²) >= 11 is 1.39. The first-order valence-corrected chi connectivity index (χ1v) is 10.6. The summed E-state index contributed by atoms with van der Waals surface area (Å²) in [5.41, 5.74) is 2.56. The zero-order valence-electron chi connectivity index (χ0n) is 16.8. The number of aryl methyl sites for hydroxylation is 2. The molecule has 0 saturated carbocycles. The number of benzene rings is 1. The van der Waals surface area contributed by atoms with Crippen molar-refractivity contribution >= 4 is 23.4 Å². The molecule has 3 heterocycles. The smallest absolute Gasteiger partial charge is 0.260 e. The van der Waals surface area contributed by atoms with Crippen LogP contribution in [0.5, 0.6) is 0 Å². The molecule has 0 aliphatic carbocycles. The Kier molecular flexibility index (Phi) is 5.62. The first-order chi connectivity index (χ1) is 14.6. The van der Waals surface area contributed by atoms with Gasteiger partial charge in [0.1, 0.15) is 11.4 Å². The van der Waals surface area contributed by atoms with Gasteiger partial charge in [0.2, 0.25) is 0 Å². The van der Waals surface area contributed by atoms with Gasteiger partial charge in [-0.1, -0.05) is 12.1 Å². The Balaban J connectivity index is 1.64. The Hall–Kier alpha value is -3.46. The molecule has 0 unspecified atom stereocenters. The van der Waals surface area contributed by atoms with Crippen molar-refractivity contribution in [2.24, 2.45) is 0 Å². The van der Waals surface area contributed by atoms with E-state index >= 15 is 0 Å². The summed E-state index contributed by atoms with van der Waals surface area (Å²) in [5.74, 6) is 1.50. The average Bonchev–Trinajstić information content (AvgIpc) is 3.45. The molecular formula is C21H20N6O2S. The highest BCUT2D eigenvalue weighted by Gasteiger charge is 2.20. The van der Waals surface area contributed by atoms with Crippen LogP contribution in [0.15, 0.2) is 58.4 Å². The molecular weight excluding hydrogens is 400 g/mol. The summed E-state index contributed by atoms with van der Waals surface area (Å²) in [4.78, 5) is 22.1. The number of amides is 1. The molecule has 1 aromatic carbocycles. The van der Waals surface area contributed by atoms with E-state index in [1.54, 1.807) is 31.6 Å². The fraction of sp³-hybridized carbons (Fsp3) is 0.190. The fourth-order valence-corrected chi connectivity index (χ4v) is 3.73. The first-order valence-electron chi connectivity index (χ1n) is 9.36. The van der Waals surface area contributed by atoms with E-state index in [2.05, 4.69) is 25.5 Å². The van der Waals surface area contributed by atoms with E-state index in [0.29, 0.717) is 33.6 Å². The van der Waals surface area contributed by atoms with Gasteiger partial charge in [-0.05, 0) is 44.4 Å². The standard InChI is InChI=1S/C21H20N6O2S/c1-4-27-12-22-26-19(27)14-7-5-8-15(11-14)24-20(28)17-13(2)23-18(25-21(17)30-3)16-9-6-10-29-16/h5-12H,4H2,1-3H3,(H,24,28). The highest BCUT2D eigenvalue weighted by molar-refractivity contribution is 7.98. The van der Waals surface area contributed by atoms with Crippen molar-refractivity contribution in [3.63, 3.8) is 0 Å². The van der Waals surface area contributed by atoms with Gasteiger partial charge < -0.3 is 14.3 Å². The molecule has 4 rings (SSSR count). The molecule has 152 valence electrons. The third-order valence-corrected chi connectivity index (χ3v) is 5.24. The molecule has 1 N–H and O–H groups in total. The lowest BCUT2D eigenvalue weighted by Crippen LogP contribution is -2.17. The molecule has 1 amide bonds. The summed E-state index contributed by atoms with van der Waals surface area (Å²) in [5, 5.41) is 11.7. The summed E-state index contributed by atoms with van der Waals surface area (Å²) in [6.07, 6.45) is 5.13. The second-order valence-corrected chi connectivity index (χ2v) is 7.26. The number of nitrogens with zero attached hydrogens (tertiary/aromatic N) is 5. The number of aromatic nitrogens is 5. The molecule has 0 spiro atoms. The number of carbonyl (C=O) groups excluding carboxylic acids is 1. The first kappa shape index (κ1) is 19.8. The Labute approximate surface area is 177 Å². The maximum atomic E-state index is 13.1. The van der Waals surface area contributed by atoms with Crippen LogP contribution >= 0.6 is 11.8 Å². The van der Waals surface area contributed by atoms with Crippen molar-refractivity contribution in [3.05, 3.63) is 60.2 Å². The summed E-state index contributed by atoms with van der Waals surface area (Å²) in [6, 6.07) is 11.1. The minimum absolute atomic E-state index is 0.267. The number of rotatable bonds is 6. The van der Waals surface area contributed by atoms with Crippen LogP contribution in [0.3, 0.4) is 0 Å². The molecule has 0 radical (unpaired) electrons. The normalized spacial score (nSPS) is 10.9. The van der Waals surface area contributed by atoms with Crippen molar-refractivity contribution in [1.82, 2.24) is 24.7 Å².